The van der Waals surface area contributed by atoms with Crippen LogP contribution in [0.15, 0.2) is 47.4 Å². The third-order valence-corrected chi connectivity index (χ3v) is 7.89. The highest BCUT2D eigenvalue weighted by Crippen LogP contribution is 2.66. The average molecular weight is 492 g/mol. The first-order valence-electron chi connectivity index (χ1n) is 10.7. The van der Waals surface area contributed by atoms with Crippen LogP contribution in [0.25, 0.3) is 0 Å². The number of halogens is 3. The molecular weight excluding hydrogens is 467 g/mol. The molecular formula is C24H24F3N3O3S. The fourth-order valence-electron chi connectivity index (χ4n) is 4.69. The first-order valence-corrected chi connectivity index (χ1v) is 12.2. The predicted molar refractivity (Wildman–Crippen MR) is 119 cm³/mol. The number of nitriles is 1. The molecule has 0 radical (unpaired) electrons. The molecule has 2 N–H and O–H groups in total. The summed E-state index contributed by atoms with van der Waals surface area (Å²) in [6, 6.07) is 10.6. The van der Waals surface area contributed by atoms with Crippen molar-refractivity contribution >= 4 is 21.6 Å². The minimum Gasteiger partial charge on any atom is -0.346 e. The molecule has 3 aliphatic carbocycles. The standard InChI is InChI=1S/C24H24F3N3O3S/c1-21(2,3)15-4-7-17(8-5-15)34(32,33)30-19-10-16(24(25,26)27)6-9-18(19)20(31)29-23-11-22(12-23,13-23)14-28/h4-10,30H,11-13H2,1-3H3,(H,29,31). The number of hydrogen-bond acceptors (Lipinski definition) is 4. The predicted octanol–water partition coefficient (Wildman–Crippen LogP) is 4.98. The van der Waals surface area contributed by atoms with Crippen molar-refractivity contribution in [3.63, 3.8) is 0 Å². The number of carbonyl (C=O) groups is 1. The average Bonchev–Trinajstić information content (AvgIpc) is 2.67. The maximum atomic E-state index is 13.3. The molecule has 10 heteroatoms. The van der Waals surface area contributed by atoms with Crippen molar-refractivity contribution in [2.24, 2.45) is 5.41 Å². The Labute approximate surface area is 196 Å². The number of sulfonamides is 1. The lowest BCUT2D eigenvalue weighted by molar-refractivity contribution is -0.137. The Morgan fingerprint density at radius 1 is 1.00 bits per heavy atom. The third-order valence-electron chi connectivity index (χ3n) is 6.51. The Hall–Kier alpha value is -3.06. The lowest BCUT2D eigenvalue weighted by atomic mass is 9.40. The molecule has 3 saturated carbocycles. The monoisotopic (exact) mass is 491 g/mol. The number of hydrogen-bond donors (Lipinski definition) is 2. The van der Waals surface area contributed by atoms with Crippen LogP contribution in [0, 0.1) is 16.7 Å². The zero-order valence-corrected chi connectivity index (χ0v) is 19.7. The molecule has 34 heavy (non-hydrogen) atoms. The van der Waals surface area contributed by atoms with Gasteiger partial charge in [-0.1, -0.05) is 32.9 Å². The lowest BCUT2D eigenvalue weighted by Crippen LogP contribution is -2.74. The summed E-state index contributed by atoms with van der Waals surface area (Å²) < 4.78 is 68.1. The van der Waals surface area contributed by atoms with E-state index in [-0.39, 0.29) is 15.9 Å². The fraction of sp³-hybridized carbons (Fsp3) is 0.417. The molecule has 0 unspecified atom stereocenters. The molecule has 0 heterocycles. The zero-order chi connectivity index (χ0) is 25.2. The van der Waals surface area contributed by atoms with Gasteiger partial charge in [0.2, 0.25) is 0 Å². The normalized spacial score (nSPS) is 23.8. The number of amides is 1. The van der Waals surface area contributed by atoms with Crippen LogP contribution in [0.5, 0.6) is 0 Å². The highest BCUT2D eigenvalue weighted by molar-refractivity contribution is 7.92. The molecule has 0 aliphatic heterocycles. The van der Waals surface area contributed by atoms with Gasteiger partial charge >= 0.3 is 6.18 Å². The highest BCUT2D eigenvalue weighted by Gasteiger charge is 2.69. The number of rotatable bonds is 5. The van der Waals surface area contributed by atoms with Crippen LogP contribution >= 0.6 is 0 Å². The highest BCUT2D eigenvalue weighted by atomic mass is 32.2. The molecule has 1 amide bonds. The largest absolute Gasteiger partial charge is 0.416 e. The van der Waals surface area contributed by atoms with E-state index in [1.54, 1.807) is 12.1 Å². The Balaban J connectivity index is 1.64. The molecule has 5 rings (SSSR count). The molecule has 3 fully saturated rings. The molecule has 3 aliphatic rings. The van der Waals surface area contributed by atoms with Crippen molar-refractivity contribution in [1.82, 2.24) is 5.32 Å². The summed E-state index contributed by atoms with van der Waals surface area (Å²) in [7, 11) is -4.27. The minimum atomic E-state index is -4.73. The molecule has 0 saturated heterocycles. The fourth-order valence-corrected chi connectivity index (χ4v) is 5.76. The Kier molecular flexibility index (Phi) is 5.29. The molecule has 2 aromatic rings. The van der Waals surface area contributed by atoms with Gasteiger partial charge in [-0.2, -0.15) is 18.4 Å². The van der Waals surface area contributed by atoms with Crippen molar-refractivity contribution in [2.75, 3.05) is 4.72 Å². The van der Waals surface area contributed by atoms with Gasteiger partial charge in [0.15, 0.2) is 0 Å². The number of nitrogens with zero attached hydrogens (tertiary/aromatic N) is 1. The van der Waals surface area contributed by atoms with E-state index in [9.17, 15) is 26.4 Å². The van der Waals surface area contributed by atoms with E-state index in [0.29, 0.717) is 25.3 Å². The molecule has 2 bridgehead atoms. The van der Waals surface area contributed by atoms with Crippen LogP contribution in [-0.2, 0) is 21.6 Å². The number of alkyl halides is 3. The van der Waals surface area contributed by atoms with Crippen molar-refractivity contribution in [1.29, 1.82) is 5.26 Å². The lowest BCUT2D eigenvalue weighted by Gasteiger charge is -2.66. The van der Waals surface area contributed by atoms with E-state index in [1.165, 1.54) is 12.1 Å². The molecule has 0 atom stereocenters. The Morgan fingerprint density at radius 2 is 1.56 bits per heavy atom. The molecule has 0 aromatic heterocycles. The van der Waals surface area contributed by atoms with Crippen molar-refractivity contribution in [3.8, 4) is 6.07 Å². The first kappa shape index (κ1) is 24.1. The van der Waals surface area contributed by atoms with E-state index in [2.05, 4.69) is 16.1 Å². The van der Waals surface area contributed by atoms with Crippen LogP contribution in [0.2, 0.25) is 0 Å². The van der Waals surface area contributed by atoms with E-state index in [0.717, 1.165) is 17.7 Å². The maximum Gasteiger partial charge on any atom is 0.416 e. The Bertz CT molecular complexity index is 1280. The maximum absolute atomic E-state index is 13.3. The van der Waals surface area contributed by atoms with Crippen LogP contribution in [0.3, 0.4) is 0 Å². The minimum absolute atomic E-state index is 0.139. The quantitative estimate of drug-likeness (QED) is 0.616. The molecule has 6 nitrogen and oxygen atoms in total. The molecule has 180 valence electrons. The van der Waals surface area contributed by atoms with Gasteiger partial charge in [-0.25, -0.2) is 8.42 Å². The second-order valence-electron chi connectivity index (χ2n) is 10.3. The van der Waals surface area contributed by atoms with E-state index in [4.69, 9.17) is 5.26 Å². The summed E-state index contributed by atoms with van der Waals surface area (Å²) in [6.45, 7) is 5.89. The van der Waals surface area contributed by atoms with Crippen LogP contribution in [0.4, 0.5) is 18.9 Å². The molecule has 0 spiro atoms. The van der Waals surface area contributed by atoms with Crippen molar-refractivity contribution < 1.29 is 26.4 Å². The third kappa shape index (κ3) is 4.25. The number of anilines is 1. The SMILES string of the molecule is CC(C)(C)c1ccc(S(=O)(=O)Nc2cc(C(F)(F)F)ccc2C(=O)NC23CC(C#N)(C2)C3)cc1. The summed E-state index contributed by atoms with van der Waals surface area (Å²) in [4.78, 5) is 12.8. The van der Waals surface area contributed by atoms with E-state index >= 15 is 0 Å². The number of carbonyl (C=O) groups excluding carboxylic acids is 1. The first-order chi connectivity index (χ1) is 15.6. The second kappa shape index (κ2) is 7.47. The number of nitrogens with one attached hydrogen (secondary N) is 2. The summed E-state index contributed by atoms with van der Waals surface area (Å²) in [6.07, 6.45) is -3.30. The van der Waals surface area contributed by atoms with Gasteiger partial charge in [0.05, 0.1) is 33.2 Å². The molecule has 2 aromatic carbocycles. The van der Waals surface area contributed by atoms with Gasteiger partial charge in [0, 0.05) is 5.54 Å². The summed E-state index contributed by atoms with van der Waals surface area (Å²) >= 11 is 0. The van der Waals surface area contributed by atoms with Gasteiger partial charge in [0.1, 0.15) is 0 Å². The number of benzene rings is 2. The van der Waals surface area contributed by atoms with E-state index < -0.39 is 44.3 Å². The zero-order valence-electron chi connectivity index (χ0n) is 18.9. The van der Waals surface area contributed by atoms with Crippen LogP contribution in [-0.4, -0.2) is 19.9 Å². The van der Waals surface area contributed by atoms with Gasteiger partial charge in [-0.3, -0.25) is 9.52 Å². The van der Waals surface area contributed by atoms with Gasteiger partial charge < -0.3 is 5.32 Å². The van der Waals surface area contributed by atoms with Gasteiger partial charge in [-0.15, -0.1) is 0 Å². The smallest absolute Gasteiger partial charge is 0.346 e. The summed E-state index contributed by atoms with van der Waals surface area (Å²) in [5, 5.41) is 11.9. The van der Waals surface area contributed by atoms with Crippen LogP contribution in [0.1, 0.15) is 61.5 Å². The van der Waals surface area contributed by atoms with Crippen molar-refractivity contribution in [3.05, 3.63) is 59.2 Å². The van der Waals surface area contributed by atoms with Gasteiger partial charge in [0.25, 0.3) is 15.9 Å². The second-order valence-corrected chi connectivity index (χ2v) is 12.0. The Morgan fingerprint density at radius 3 is 2.06 bits per heavy atom. The van der Waals surface area contributed by atoms with Gasteiger partial charge in [-0.05, 0) is 60.6 Å². The summed E-state index contributed by atoms with van der Waals surface area (Å²) in [5.41, 5.74) is -2.09. The summed E-state index contributed by atoms with van der Waals surface area (Å²) in [5.74, 6) is -0.694. The van der Waals surface area contributed by atoms with Crippen LogP contribution < -0.4 is 10.0 Å². The van der Waals surface area contributed by atoms with Crippen molar-refractivity contribution in [2.45, 2.75) is 62.1 Å². The van der Waals surface area contributed by atoms with E-state index in [1.807, 2.05) is 20.8 Å². The topological polar surface area (TPSA) is 99.1 Å².